The number of piperazine rings is 1. The Morgan fingerprint density at radius 2 is 1.44 bits per heavy atom. The molecular formula is C13H17N3. The Kier molecular flexibility index (Phi) is 4.28. The molecule has 2 heterocycles. The minimum Gasteiger partial charge on any atom is -0.314 e. The summed E-state index contributed by atoms with van der Waals surface area (Å²) < 4.78 is 0. The molecule has 0 saturated carbocycles. The number of aromatic nitrogens is 1. The van der Waals surface area contributed by atoms with Gasteiger partial charge in [0.2, 0.25) is 0 Å². The van der Waals surface area contributed by atoms with Crippen LogP contribution in [-0.2, 0) is 0 Å². The number of nitrogens with zero attached hydrogens (tertiary/aromatic N) is 1. The van der Waals surface area contributed by atoms with Crippen molar-refractivity contribution in [2.45, 2.75) is 0 Å². The van der Waals surface area contributed by atoms with E-state index in [1.54, 1.807) is 0 Å². The quantitative estimate of drug-likeness (QED) is 0.698. The number of pyridine rings is 1. The second kappa shape index (κ2) is 6.20. The van der Waals surface area contributed by atoms with Gasteiger partial charge < -0.3 is 10.6 Å². The van der Waals surface area contributed by atoms with Crippen molar-refractivity contribution in [3.8, 4) is 0 Å². The predicted octanol–water partition coefficient (Wildman–Crippen LogP) is 1.41. The van der Waals surface area contributed by atoms with Gasteiger partial charge in [-0.2, -0.15) is 0 Å². The fourth-order valence-corrected chi connectivity index (χ4v) is 1.63. The van der Waals surface area contributed by atoms with Crippen molar-refractivity contribution in [1.82, 2.24) is 15.6 Å². The van der Waals surface area contributed by atoms with Crippen molar-refractivity contribution in [2.24, 2.45) is 0 Å². The molecule has 1 saturated heterocycles. The first kappa shape index (κ1) is 11.0. The molecule has 1 aromatic heterocycles. The summed E-state index contributed by atoms with van der Waals surface area (Å²) in [5.74, 6) is 0. The standard InChI is InChI=1S/C9H7N.C4H10N2/c1-2-4-9-7-10-6-5-8(9)3-1;1-2-6-4-3-5-1/h1-7H;5-6H,1-4H2. The molecule has 0 atom stereocenters. The molecule has 3 heteroatoms. The summed E-state index contributed by atoms with van der Waals surface area (Å²) in [4.78, 5) is 4.01. The second-order valence-electron chi connectivity index (χ2n) is 3.72. The average molecular weight is 215 g/mol. The molecule has 3 nitrogen and oxygen atoms in total. The Bertz CT molecular complexity index is 347. The minimum atomic E-state index is 1.14. The third-order valence-electron chi connectivity index (χ3n) is 2.51. The van der Waals surface area contributed by atoms with Gasteiger partial charge >= 0.3 is 0 Å². The van der Waals surface area contributed by atoms with Gasteiger partial charge in [0.25, 0.3) is 0 Å². The van der Waals surface area contributed by atoms with Crippen molar-refractivity contribution in [3.63, 3.8) is 0 Å². The van der Waals surface area contributed by atoms with Crippen LogP contribution in [0.2, 0.25) is 0 Å². The maximum atomic E-state index is 4.01. The van der Waals surface area contributed by atoms with Crippen LogP contribution in [0.3, 0.4) is 0 Å². The molecule has 0 bridgehead atoms. The van der Waals surface area contributed by atoms with E-state index in [-0.39, 0.29) is 0 Å². The van der Waals surface area contributed by atoms with Crippen LogP contribution in [0, 0.1) is 0 Å². The van der Waals surface area contributed by atoms with E-state index in [1.807, 2.05) is 30.6 Å². The maximum Gasteiger partial charge on any atom is 0.0346 e. The van der Waals surface area contributed by atoms with Gasteiger partial charge in [0.05, 0.1) is 0 Å². The van der Waals surface area contributed by atoms with Crippen molar-refractivity contribution >= 4 is 10.8 Å². The van der Waals surface area contributed by atoms with Crippen LogP contribution in [0.5, 0.6) is 0 Å². The van der Waals surface area contributed by atoms with Gasteiger partial charge in [-0.1, -0.05) is 24.3 Å². The van der Waals surface area contributed by atoms with Crippen molar-refractivity contribution < 1.29 is 0 Å². The third kappa shape index (κ3) is 3.29. The zero-order chi connectivity index (χ0) is 11.1. The van der Waals surface area contributed by atoms with Crippen molar-refractivity contribution in [3.05, 3.63) is 42.7 Å². The van der Waals surface area contributed by atoms with E-state index in [9.17, 15) is 0 Å². The lowest BCUT2D eigenvalue weighted by Crippen LogP contribution is -2.39. The summed E-state index contributed by atoms with van der Waals surface area (Å²) in [6, 6.07) is 10.2. The lowest BCUT2D eigenvalue weighted by molar-refractivity contribution is 0.534. The number of fused-ring (bicyclic) bond motifs is 1. The summed E-state index contributed by atoms with van der Waals surface area (Å²) >= 11 is 0. The van der Waals surface area contributed by atoms with Crippen LogP contribution < -0.4 is 10.6 Å². The van der Waals surface area contributed by atoms with Gasteiger partial charge in [-0.3, -0.25) is 4.98 Å². The number of hydrogen-bond acceptors (Lipinski definition) is 3. The van der Waals surface area contributed by atoms with Crippen molar-refractivity contribution in [1.29, 1.82) is 0 Å². The van der Waals surface area contributed by atoms with Gasteiger partial charge in [-0.05, 0) is 16.8 Å². The highest BCUT2D eigenvalue weighted by molar-refractivity contribution is 5.80. The van der Waals surface area contributed by atoms with Gasteiger partial charge in [0.15, 0.2) is 0 Å². The molecule has 0 amide bonds. The van der Waals surface area contributed by atoms with E-state index in [0.29, 0.717) is 0 Å². The molecule has 0 radical (unpaired) electrons. The van der Waals surface area contributed by atoms with E-state index >= 15 is 0 Å². The maximum absolute atomic E-state index is 4.01. The highest BCUT2D eigenvalue weighted by atomic mass is 15.0. The SMILES string of the molecule is C1CNCCN1.c1ccc2cnccc2c1. The highest BCUT2D eigenvalue weighted by Crippen LogP contribution is 2.09. The largest absolute Gasteiger partial charge is 0.314 e. The minimum absolute atomic E-state index is 1.14. The van der Waals surface area contributed by atoms with Gasteiger partial charge in [-0.25, -0.2) is 0 Å². The summed E-state index contributed by atoms with van der Waals surface area (Å²) in [6.07, 6.45) is 3.68. The van der Waals surface area contributed by atoms with Crippen LogP contribution in [0.25, 0.3) is 10.8 Å². The third-order valence-corrected chi connectivity index (χ3v) is 2.51. The zero-order valence-corrected chi connectivity index (χ0v) is 9.32. The van der Waals surface area contributed by atoms with E-state index in [0.717, 1.165) is 26.2 Å². The molecule has 0 aliphatic carbocycles. The first-order chi connectivity index (χ1) is 7.97. The van der Waals surface area contributed by atoms with Gasteiger partial charge in [0, 0.05) is 38.6 Å². The average Bonchev–Trinajstić information content (AvgIpc) is 2.42. The van der Waals surface area contributed by atoms with Crippen molar-refractivity contribution in [2.75, 3.05) is 26.2 Å². The van der Waals surface area contributed by atoms with Crippen LogP contribution >= 0.6 is 0 Å². The van der Waals surface area contributed by atoms with Crippen LogP contribution in [0.1, 0.15) is 0 Å². The smallest absolute Gasteiger partial charge is 0.0346 e. The molecule has 3 rings (SSSR count). The molecule has 1 aliphatic rings. The molecule has 16 heavy (non-hydrogen) atoms. The Balaban J connectivity index is 0.000000138. The fraction of sp³-hybridized carbons (Fsp3) is 0.308. The first-order valence-corrected chi connectivity index (χ1v) is 5.67. The normalized spacial score (nSPS) is 15.2. The topological polar surface area (TPSA) is 37.0 Å². The Morgan fingerprint density at radius 1 is 0.812 bits per heavy atom. The Labute approximate surface area is 95.9 Å². The molecule has 84 valence electrons. The van der Waals surface area contributed by atoms with Gasteiger partial charge in [-0.15, -0.1) is 0 Å². The summed E-state index contributed by atoms with van der Waals surface area (Å²) in [7, 11) is 0. The monoisotopic (exact) mass is 215 g/mol. The predicted molar refractivity (Wildman–Crippen MR) is 67.5 cm³/mol. The summed E-state index contributed by atoms with van der Waals surface area (Å²) in [5, 5.41) is 8.89. The summed E-state index contributed by atoms with van der Waals surface area (Å²) in [6.45, 7) is 4.56. The number of benzene rings is 1. The summed E-state index contributed by atoms with van der Waals surface area (Å²) in [5.41, 5.74) is 0. The van der Waals surface area contributed by atoms with E-state index in [2.05, 4.69) is 27.8 Å². The molecule has 1 aromatic carbocycles. The molecule has 2 aromatic rings. The van der Waals surface area contributed by atoms with E-state index < -0.39 is 0 Å². The molecule has 1 aliphatic heterocycles. The molecule has 2 N–H and O–H groups in total. The lowest BCUT2D eigenvalue weighted by Gasteiger charge is -2.11. The first-order valence-electron chi connectivity index (χ1n) is 5.67. The fourth-order valence-electron chi connectivity index (χ4n) is 1.63. The zero-order valence-electron chi connectivity index (χ0n) is 9.32. The second-order valence-corrected chi connectivity index (χ2v) is 3.72. The lowest BCUT2D eigenvalue weighted by atomic mass is 10.2. The molecular weight excluding hydrogens is 198 g/mol. The Morgan fingerprint density at radius 3 is 2.00 bits per heavy atom. The Hall–Kier alpha value is -1.45. The number of rotatable bonds is 0. The molecule has 0 spiro atoms. The van der Waals surface area contributed by atoms with Gasteiger partial charge in [0.1, 0.15) is 0 Å². The van der Waals surface area contributed by atoms with Crippen LogP contribution in [-0.4, -0.2) is 31.2 Å². The van der Waals surface area contributed by atoms with Crippen LogP contribution in [0.15, 0.2) is 42.7 Å². The number of nitrogens with one attached hydrogen (secondary N) is 2. The van der Waals surface area contributed by atoms with E-state index in [1.165, 1.54) is 10.8 Å². The van der Waals surface area contributed by atoms with E-state index in [4.69, 9.17) is 0 Å². The molecule has 0 unspecified atom stereocenters. The van der Waals surface area contributed by atoms with Crippen LogP contribution in [0.4, 0.5) is 0 Å². The number of hydrogen-bond donors (Lipinski definition) is 2. The molecule has 1 fully saturated rings. The highest BCUT2D eigenvalue weighted by Gasteiger charge is 1.91.